The van der Waals surface area contributed by atoms with E-state index in [9.17, 15) is 9.90 Å². The van der Waals surface area contributed by atoms with Crippen molar-refractivity contribution in [2.24, 2.45) is 5.92 Å². The van der Waals surface area contributed by atoms with Crippen molar-refractivity contribution in [3.8, 4) is 17.2 Å². The first-order valence-corrected chi connectivity index (χ1v) is 8.98. The van der Waals surface area contributed by atoms with Crippen LogP contribution in [0.3, 0.4) is 0 Å². The van der Waals surface area contributed by atoms with Crippen LogP contribution in [0.4, 0.5) is 0 Å². The Hall–Kier alpha value is -1.95. The summed E-state index contributed by atoms with van der Waals surface area (Å²) in [7, 11) is 3.05. The van der Waals surface area contributed by atoms with E-state index in [1.54, 1.807) is 0 Å². The van der Waals surface area contributed by atoms with Gasteiger partial charge in [0.25, 0.3) is 0 Å². The summed E-state index contributed by atoms with van der Waals surface area (Å²) in [5.74, 6) is 1.15. The van der Waals surface area contributed by atoms with E-state index in [-0.39, 0.29) is 17.6 Å². The van der Waals surface area contributed by atoms with Crippen LogP contribution in [0.15, 0.2) is 12.1 Å². The zero-order chi connectivity index (χ0) is 18.4. The minimum atomic E-state index is 0.0157. The number of nitrogens with zero attached hydrogens (tertiary/aromatic N) is 2. The molecule has 1 saturated heterocycles. The second kappa shape index (κ2) is 8.94. The predicted molar refractivity (Wildman–Crippen MR) is 97.1 cm³/mol. The van der Waals surface area contributed by atoms with Crippen molar-refractivity contribution in [1.29, 1.82) is 0 Å². The molecule has 0 aromatic heterocycles. The first kappa shape index (κ1) is 19.4. The molecule has 1 amide bonds. The third kappa shape index (κ3) is 4.57. The molecule has 1 N–H and O–H groups in total. The molecule has 1 unspecified atom stereocenters. The normalized spacial score (nSPS) is 18.0. The third-order valence-corrected chi connectivity index (χ3v) is 4.88. The highest BCUT2D eigenvalue weighted by molar-refractivity contribution is 5.79. The van der Waals surface area contributed by atoms with E-state index in [1.807, 2.05) is 30.9 Å². The fourth-order valence-electron chi connectivity index (χ4n) is 3.49. The summed E-state index contributed by atoms with van der Waals surface area (Å²) in [4.78, 5) is 16.8. The van der Waals surface area contributed by atoms with Crippen LogP contribution in [0.25, 0.3) is 0 Å². The molecule has 140 valence electrons. The molecule has 1 aliphatic rings. The highest BCUT2D eigenvalue weighted by Gasteiger charge is 2.28. The first-order chi connectivity index (χ1) is 12.0. The van der Waals surface area contributed by atoms with Crippen LogP contribution in [0.2, 0.25) is 0 Å². The number of piperidine rings is 1. The van der Waals surface area contributed by atoms with Crippen LogP contribution >= 0.6 is 0 Å². The molecule has 1 aromatic carbocycles. The Morgan fingerprint density at radius 3 is 2.36 bits per heavy atom. The summed E-state index contributed by atoms with van der Waals surface area (Å²) < 4.78 is 10.5. The van der Waals surface area contributed by atoms with Gasteiger partial charge in [-0.25, -0.2) is 0 Å². The number of methoxy groups -OCH3 is 2. The molecule has 25 heavy (non-hydrogen) atoms. The maximum Gasteiger partial charge on any atom is 0.226 e. The van der Waals surface area contributed by atoms with Crippen molar-refractivity contribution in [2.45, 2.75) is 33.2 Å². The van der Waals surface area contributed by atoms with Gasteiger partial charge in [-0.15, -0.1) is 0 Å². The van der Waals surface area contributed by atoms with Gasteiger partial charge >= 0.3 is 0 Å². The minimum absolute atomic E-state index is 0.0157. The summed E-state index contributed by atoms with van der Waals surface area (Å²) >= 11 is 0. The van der Waals surface area contributed by atoms with Gasteiger partial charge in [-0.3, -0.25) is 9.69 Å². The average molecular weight is 350 g/mol. The average Bonchev–Trinajstić information content (AvgIpc) is 2.64. The summed E-state index contributed by atoms with van der Waals surface area (Å²) in [5.41, 5.74) is 1.00. The topological polar surface area (TPSA) is 62.2 Å². The SMILES string of the molecule is CCN(CC)C(=O)C1CCCN(Cc2cc(OC)c(O)c(OC)c2)C1. The van der Waals surface area contributed by atoms with Gasteiger partial charge in [0.05, 0.1) is 20.1 Å². The lowest BCUT2D eigenvalue weighted by Crippen LogP contribution is -2.44. The number of aromatic hydroxyl groups is 1. The monoisotopic (exact) mass is 350 g/mol. The maximum atomic E-state index is 12.6. The van der Waals surface area contributed by atoms with Crippen molar-refractivity contribution in [2.75, 3.05) is 40.4 Å². The van der Waals surface area contributed by atoms with E-state index in [2.05, 4.69) is 4.90 Å². The Morgan fingerprint density at radius 2 is 1.84 bits per heavy atom. The fraction of sp³-hybridized carbons (Fsp3) is 0.632. The van der Waals surface area contributed by atoms with Gasteiger partial charge < -0.3 is 19.5 Å². The minimum Gasteiger partial charge on any atom is -0.502 e. The Balaban J connectivity index is 2.09. The lowest BCUT2D eigenvalue weighted by Gasteiger charge is -2.34. The molecule has 1 atom stereocenters. The fourth-order valence-corrected chi connectivity index (χ4v) is 3.49. The molecule has 1 fully saturated rings. The summed E-state index contributed by atoms with van der Waals surface area (Å²) in [6, 6.07) is 3.65. The summed E-state index contributed by atoms with van der Waals surface area (Å²) in [6.07, 6.45) is 1.97. The van der Waals surface area contributed by atoms with Crippen molar-refractivity contribution in [3.63, 3.8) is 0 Å². The molecular weight excluding hydrogens is 320 g/mol. The molecular formula is C19H30N2O4. The molecule has 1 heterocycles. The number of carbonyl (C=O) groups is 1. The van der Waals surface area contributed by atoms with Crippen LogP contribution in [-0.4, -0.2) is 61.2 Å². The van der Waals surface area contributed by atoms with Crippen LogP contribution in [0.5, 0.6) is 17.2 Å². The number of likely N-dealkylation sites (tertiary alicyclic amines) is 1. The number of benzene rings is 1. The molecule has 2 rings (SSSR count). The number of ether oxygens (including phenoxy) is 2. The molecule has 0 bridgehead atoms. The Morgan fingerprint density at radius 1 is 1.24 bits per heavy atom. The number of phenolic OH excluding ortho intramolecular Hbond substituents is 1. The third-order valence-electron chi connectivity index (χ3n) is 4.88. The van der Waals surface area contributed by atoms with Crippen LogP contribution in [0.1, 0.15) is 32.3 Å². The lowest BCUT2D eigenvalue weighted by atomic mass is 9.96. The number of amides is 1. The van der Waals surface area contributed by atoms with Crippen molar-refractivity contribution in [3.05, 3.63) is 17.7 Å². The highest BCUT2D eigenvalue weighted by atomic mass is 16.5. The number of phenols is 1. The Kier molecular flexibility index (Phi) is 6.93. The van der Waals surface area contributed by atoms with E-state index in [0.29, 0.717) is 18.0 Å². The quantitative estimate of drug-likeness (QED) is 0.819. The van der Waals surface area contributed by atoms with Gasteiger partial charge in [0, 0.05) is 26.2 Å². The van der Waals surface area contributed by atoms with Crippen molar-refractivity contribution >= 4 is 5.91 Å². The number of hydrogen-bond acceptors (Lipinski definition) is 5. The molecule has 1 aromatic rings. The van der Waals surface area contributed by atoms with Gasteiger partial charge in [0.1, 0.15) is 0 Å². The molecule has 0 spiro atoms. The highest BCUT2D eigenvalue weighted by Crippen LogP contribution is 2.37. The second-order valence-corrected chi connectivity index (χ2v) is 6.43. The smallest absolute Gasteiger partial charge is 0.226 e. The van der Waals surface area contributed by atoms with E-state index < -0.39 is 0 Å². The predicted octanol–water partition coefficient (Wildman–Crippen LogP) is 2.49. The van der Waals surface area contributed by atoms with E-state index >= 15 is 0 Å². The molecule has 1 aliphatic heterocycles. The van der Waals surface area contributed by atoms with Gasteiger partial charge in [-0.2, -0.15) is 0 Å². The van der Waals surface area contributed by atoms with Gasteiger partial charge in [-0.05, 0) is 50.9 Å². The van der Waals surface area contributed by atoms with E-state index in [0.717, 1.165) is 44.6 Å². The van der Waals surface area contributed by atoms with Crippen LogP contribution < -0.4 is 9.47 Å². The van der Waals surface area contributed by atoms with E-state index in [1.165, 1.54) is 14.2 Å². The largest absolute Gasteiger partial charge is 0.502 e. The zero-order valence-electron chi connectivity index (χ0n) is 15.7. The van der Waals surface area contributed by atoms with E-state index in [4.69, 9.17) is 9.47 Å². The lowest BCUT2D eigenvalue weighted by molar-refractivity contribution is -0.137. The standard InChI is InChI=1S/C19H30N2O4/c1-5-21(6-2)19(23)15-8-7-9-20(13-15)12-14-10-16(24-3)18(22)17(11-14)25-4/h10-11,15,22H,5-9,12-13H2,1-4H3. The maximum absolute atomic E-state index is 12.6. The van der Waals surface area contributed by atoms with Crippen LogP contribution in [-0.2, 0) is 11.3 Å². The van der Waals surface area contributed by atoms with Gasteiger partial charge in [-0.1, -0.05) is 0 Å². The Bertz CT molecular complexity index is 562. The summed E-state index contributed by atoms with van der Waals surface area (Å²) in [6.45, 7) is 8.01. The summed E-state index contributed by atoms with van der Waals surface area (Å²) in [5, 5.41) is 10.0. The van der Waals surface area contributed by atoms with Crippen LogP contribution in [0, 0.1) is 5.92 Å². The molecule has 6 nitrogen and oxygen atoms in total. The molecule has 6 heteroatoms. The zero-order valence-corrected chi connectivity index (χ0v) is 15.7. The van der Waals surface area contributed by atoms with Gasteiger partial charge in [0.15, 0.2) is 11.5 Å². The molecule has 0 radical (unpaired) electrons. The number of rotatable bonds is 7. The van der Waals surface area contributed by atoms with Crippen molar-refractivity contribution in [1.82, 2.24) is 9.80 Å². The number of hydrogen-bond donors (Lipinski definition) is 1. The second-order valence-electron chi connectivity index (χ2n) is 6.43. The Labute approximate surface area is 150 Å². The van der Waals surface area contributed by atoms with Gasteiger partial charge in [0.2, 0.25) is 11.7 Å². The molecule has 0 saturated carbocycles. The molecule has 0 aliphatic carbocycles. The number of carbonyl (C=O) groups excluding carboxylic acids is 1. The van der Waals surface area contributed by atoms with Crippen molar-refractivity contribution < 1.29 is 19.4 Å². The first-order valence-electron chi connectivity index (χ1n) is 8.98.